The van der Waals surface area contributed by atoms with Gasteiger partial charge in [0.1, 0.15) is 0 Å². The van der Waals surface area contributed by atoms with Crippen LogP contribution in [0.1, 0.15) is 37.8 Å². The summed E-state index contributed by atoms with van der Waals surface area (Å²) in [6, 6.07) is 7.40. The highest BCUT2D eigenvalue weighted by molar-refractivity contribution is 6.30. The number of rotatable bonds is 4. The van der Waals surface area contributed by atoms with Crippen LogP contribution in [0.15, 0.2) is 24.3 Å². The second kappa shape index (κ2) is 8.73. The predicted molar refractivity (Wildman–Crippen MR) is 100 cm³/mol. The minimum absolute atomic E-state index is 0.0884. The van der Waals surface area contributed by atoms with Crippen molar-refractivity contribution < 1.29 is 14.3 Å². The molecule has 0 bridgehead atoms. The number of halogens is 1. The first-order chi connectivity index (χ1) is 12.5. The van der Waals surface area contributed by atoms with Crippen LogP contribution >= 0.6 is 11.6 Å². The standard InChI is InChI=1S/C19H26ClN3O3/c1-13(24)23-8-5-17(6-9-23)21-19(25)22-18(15-7-10-26-12-15)14-3-2-4-16(20)11-14/h2-4,11,15,17-18H,5-10,12H2,1H3,(H2,21,22,25)/t15-,18+/m0/s1. The highest BCUT2D eigenvalue weighted by atomic mass is 35.5. The Morgan fingerprint density at radius 3 is 2.65 bits per heavy atom. The van der Waals surface area contributed by atoms with Gasteiger partial charge in [0, 0.05) is 43.6 Å². The number of nitrogens with zero attached hydrogens (tertiary/aromatic N) is 1. The minimum atomic E-state index is -0.178. The summed E-state index contributed by atoms with van der Waals surface area (Å²) in [7, 11) is 0. The zero-order valence-corrected chi connectivity index (χ0v) is 15.8. The van der Waals surface area contributed by atoms with Gasteiger partial charge < -0.3 is 20.3 Å². The molecule has 0 saturated carbocycles. The third-order valence-corrected chi connectivity index (χ3v) is 5.44. The van der Waals surface area contributed by atoms with Crippen LogP contribution in [-0.4, -0.2) is 49.2 Å². The molecule has 7 heteroatoms. The molecule has 2 aliphatic rings. The molecule has 26 heavy (non-hydrogen) atoms. The van der Waals surface area contributed by atoms with Crippen molar-refractivity contribution in [3.63, 3.8) is 0 Å². The van der Waals surface area contributed by atoms with Crippen LogP contribution in [-0.2, 0) is 9.53 Å². The maximum atomic E-state index is 12.6. The minimum Gasteiger partial charge on any atom is -0.381 e. The van der Waals surface area contributed by atoms with Gasteiger partial charge in [-0.1, -0.05) is 23.7 Å². The Kier molecular flexibility index (Phi) is 6.38. The predicted octanol–water partition coefficient (Wildman–Crippen LogP) is 2.73. The molecule has 6 nitrogen and oxygen atoms in total. The SMILES string of the molecule is CC(=O)N1CCC(NC(=O)N[C@H](c2cccc(Cl)c2)[C@H]2CCOC2)CC1. The fourth-order valence-electron chi connectivity index (χ4n) is 3.70. The number of amides is 3. The first-order valence-corrected chi connectivity index (χ1v) is 9.56. The molecule has 0 aromatic heterocycles. The Labute approximate surface area is 159 Å². The van der Waals surface area contributed by atoms with E-state index in [0.717, 1.165) is 24.8 Å². The van der Waals surface area contributed by atoms with E-state index in [2.05, 4.69) is 10.6 Å². The summed E-state index contributed by atoms with van der Waals surface area (Å²) >= 11 is 6.14. The van der Waals surface area contributed by atoms with Crippen LogP contribution in [0.25, 0.3) is 0 Å². The number of hydrogen-bond acceptors (Lipinski definition) is 3. The van der Waals surface area contributed by atoms with Crippen LogP contribution in [0.2, 0.25) is 5.02 Å². The molecule has 0 spiro atoms. The summed E-state index contributed by atoms with van der Waals surface area (Å²) in [5, 5.41) is 6.83. The third kappa shape index (κ3) is 4.89. The zero-order valence-electron chi connectivity index (χ0n) is 15.0. The number of hydrogen-bond donors (Lipinski definition) is 2. The van der Waals surface area contributed by atoms with Gasteiger partial charge in [0.15, 0.2) is 0 Å². The number of carbonyl (C=O) groups excluding carboxylic acids is 2. The molecule has 0 aliphatic carbocycles. The second-order valence-electron chi connectivity index (χ2n) is 7.05. The van der Waals surface area contributed by atoms with Crippen LogP contribution < -0.4 is 10.6 Å². The lowest BCUT2D eigenvalue weighted by atomic mass is 9.92. The lowest BCUT2D eigenvalue weighted by Crippen LogP contribution is -2.50. The molecule has 3 rings (SSSR count). The van der Waals surface area contributed by atoms with Gasteiger partial charge in [0.05, 0.1) is 12.6 Å². The summed E-state index contributed by atoms with van der Waals surface area (Å²) in [5.41, 5.74) is 0.995. The molecular weight excluding hydrogens is 354 g/mol. The molecule has 2 heterocycles. The molecule has 1 aromatic carbocycles. The molecule has 2 aliphatic heterocycles. The molecule has 0 unspecified atom stereocenters. The highest BCUT2D eigenvalue weighted by Crippen LogP contribution is 2.30. The van der Waals surface area contributed by atoms with Crippen molar-refractivity contribution in [3.8, 4) is 0 Å². The lowest BCUT2D eigenvalue weighted by Gasteiger charge is -2.32. The molecule has 0 radical (unpaired) electrons. The third-order valence-electron chi connectivity index (χ3n) is 5.21. The summed E-state index contributed by atoms with van der Waals surface area (Å²) in [5.74, 6) is 0.328. The molecule has 1 aromatic rings. The Balaban J connectivity index is 1.60. The lowest BCUT2D eigenvalue weighted by molar-refractivity contribution is -0.129. The molecular formula is C19H26ClN3O3. The van der Waals surface area contributed by atoms with Gasteiger partial charge in [-0.3, -0.25) is 4.79 Å². The molecule has 2 N–H and O–H groups in total. The summed E-state index contributed by atoms with van der Waals surface area (Å²) in [6.45, 7) is 4.31. The van der Waals surface area contributed by atoms with Crippen molar-refractivity contribution in [3.05, 3.63) is 34.9 Å². The Morgan fingerprint density at radius 1 is 1.27 bits per heavy atom. The van der Waals surface area contributed by atoms with Gasteiger partial charge in [-0.05, 0) is 37.0 Å². The first-order valence-electron chi connectivity index (χ1n) is 9.18. The average molecular weight is 380 g/mol. The quantitative estimate of drug-likeness (QED) is 0.845. The number of benzene rings is 1. The Bertz CT molecular complexity index is 641. The normalized spacial score (nSPS) is 22.1. The molecule has 2 fully saturated rings. The van der Waals surface area contributed by atoms with Crippen molar-refractivity contribution in [2.24, 2.45) is 5.92 Å². The Hall–Kier alpha value is -1.79. The highest BCUT2D eigenvalue weighted by Gasteiger charge is 2.29. The number of ether oxygens (including phenoxy) is 1. The van der Waals surface area contributed by atoms with E-state index in [1.165, 1.54) is 0 Å². The number of nitrogens with one attached hydrogen (secondary N) is 2. The molecule has 2 atom stereocenters. The van der Waals surface area contributed by atoms with E-state index in [-0.39, 0.29) is 29.9 Å². The van der Waals surface area contributed by atoms with E-state index in [4.69, 9.17) is 16.3 Å². The first kappa shape index (κ1) is 19.0. The zero-order chi connectivity index (χ0) is 18.5. The van der Waals surface area contributed by atoms with E-state index in [1.807, 2.05) is 29.2 Å². The van der Waals surface area contributed by atoms with Crippen molar-refractivity contribution in [2.75, 3.05) is 26.3 Å². The molecule has 2 saturated heterocycles. The number of carbonyl (C=O) groups is 2. The van der Waals surface area contributed by atoms with Gasteiger partial charge >= 0.3 is 6.03 Å². The smallest absolute Gasteiger partial charge is 0.315 e. The van der Waals surface area contributed by atoms with E-state index in [9.17, 15) is 9.59 Å². The van der Waals surface area contributed by atoms with Crippen molar-refractivity contribution >= 4 is 23.5 Å². The van der Waals surface area contributed by atoms with E-state index in [0.29, 0.717) is 31.3 Å². The fraction of sp³-hybridized carbons (Fsp3) is 0.579. The summed E-state index contributed by atoms with van der Waals surface area (Å²) < 4.78 is 5.51. The van der Waals surface area contributed by atoms with Crippen molar-refractivity contribution in [2.45, 2.75) is 38.3 Å². The monoisotopic (exact) mass is 379 g/mol. The van der Waals surface area contributed by atoms with Crippen LogP contribution in [0.3, 0.4) is 0 Å². The van der Waals surface area contributed by atoms with Gasteiger partial charge in [-0.25, -0.2) is 4.79 Å². The largest absolute Gasteiger partial charge is 0.381 e. The van der Waals surface area contributed by atoms with Gasteiger partial charge in [0.25, 0.3) is 0 Å². The van der Waals surface area contributed by atoms with Crippen LogP contribution in [0, 0.1) is 5.92 Å². The maximum absolute atomic E-state index is 12.6. The second-order valence-corrected chi connectivity index (χ2v) is 7.49. The van der Waals surface area contributed by atoms with E-state index >= 15 is 0 Å². The van der Waals surface area contributed by atoms with Gasteiger partial charge in [0.2, 0.25) is 5.91 Å². The number of piperidine rings is 1. The molecule has 142 valence electrons. The fourth-order valence-corrected chi connectivity index (χ4v) is 3.89. The summed E-state index contributed by atoms with van der Waals surface area (Å²) in [6.07, 6.45) is 2.47. The average Bonchev–Trinajstić information content (AvgIpc) is 3.14. The number of urea groups is 1. The van der Waals surface area contributed by atoms with Gasteiger partial charge in [-0.15, -0.1) is 0 Å². The maximum Gasteiger partial charge on any atom is 0.315 e. The Morgan fingerprint density at radius 2 is 2.04 bits per heavy atom. The van der Waals surface area contributed by atoms with Crippen LogP contribution in [0.4, 0.5) is 4.79 Å². The van der Waals surface area contributed by atoms with E-state index < -0.39 is 0 Å². The van der Waals surface area contributed by atoms with Gasteiger partial charge in [-0.2, -0.15) is 0 Å². The number of likely N-dealkylation sites (tertiary alicyclic amines) is 1. The van der Waals surface area contributed by atoms with Crippen molar-refractivity contribution in [1.29, 1.82) is 0 Å². The van der Waals surface area contributed by atoms with Crippen LogP contribution in [0.5, 0.6) is 0 Å². The van der Waals surface area contributed by atoms with Crippen molar-refractivity contribution in [1.82, 2.24) is 15.5 Å². The topological polar surface area (TPSA) is 70.7 Å². The molecule has 3 amide bonds. The summed E-state index contributed by atoms with van der Waals surface area (Å²) in [4.78, 5) is 25.8. The van der Waals surface area contributed by atoms with E-state index in [1.54, 1.807) is 6.92 Å².